The molecule has 2 nitrogen and oxygen atoms in total. The zero-order chi connectivity index (χ0) is 11.0. The standard InChI is InChI=1S/C7H10ClF3O2S/c8-14(12,13)6-4-2-1-3-5(6)7(9,10)11/h5-6H,1-4H2. The Balaban J connectivity index is 2.91. The Hall–Kier alpha value is 0.0300. The number of alkyl halides is 3. The van der Waals surface area contributed by atoms with Crippen molar-refractivity contribution in [1.82, 2.24) is 0 Å². The molecule has 0 radical (unpaired) electrons. The summed E-state index contributed by atoms with van der Waals surface area (Å²) in [5.41, 5.74) is 0. The normalized spacial score (nSPS) is 30.3. The van der Waals surface area contributed by atoms with E-state index in [-0.39, 0.29) is 12.8 Å². The van der Waals surface area contributed by atoms with Gasteiger partial charge in [-0.2, -0.15) is 13.2 Å². The summed E-state index contributed by atoms with van der Waals surface area (Å²) in [6.07, 6.45) is -3.69. The summed E-state index contributed by atoms with van der Waals surface area (Å²) in [5, 5.41) is -1.46. The van der Waals surface area contributed by atoms with Crippen LogP contribution in [0.2, 0.25) is 0 Å². The van der Waals surface area contributed by atoms with E-state index in [4.69, 9.17) is 10.7 Å². The molecular weight excluding hydrogens is 241 g/mol. The third-order valence-corrected chi connectivity index (χ3v) is 4.46. The van der Waals surface area contributed by atoms with E-state index in [0.29, 0.717) is 12.8 Å². The Bertz CT molecular complexity index is 299. The van der Waals surface area contributed by atoms with Crippen molar-refractivity contribution in [2.75, 3.05) is 0 Å². The maximum atomic E-state index is 12.4. The first kappa shape index (κ1) is 12.1. The molecule has 0 spiro atoms. The van der Waals surface area contributed by atoms with E-state index in [9.17, 15) is 21.6 Å². The van der Waals surface area contributed by atoms with Gasteiger partial charge in [-0.15, -0.1) is 0 Å². The van der Waals surface area contributed by atoms with E-state index in [1.807, 2.05) is 0 Å². The molecule has 0 aromatic rings. The summed E-state index contributed by atoms with van der Waals surface area (Å²) in [4.78, 5) is 0. The van der Waals surface area contributed by atoms with Gasteiger partial charge < -0.3 is 0 Å². The Kier molecular flexibility index (Phi) is 3.36. The fourth-order valence-electron chi connectivity index (χ4n) is 1.81. The summed E-state index contributed by atoms with van der Waals surface area (Å²) in [7, 11) is 0.879. The summed E-state index contributed by atoms with van der Waals surface area (Å²) in [6.45, 7) is 0. The van der Waals surface area contributed by atoms with Crippen molar-refractivity contribution in [2.45, 2.75) is 37.1 Å². The molecule has 0 aromatic carbocycles. The second-order valence-corrected chi connectivity index (χ2v) is 6.29. The molecule has 2 unspecified atom stereocenters. The lowest BCUT2D eigenvalue weighted by molar-refractivity contribution is -0.180. The van der Waals surface area contributed by atoms with E-state index in [1.165, 1.54) is 0 Å². The van der Waals surface area contributed by atoms with Crippen LogP contribution in [0, 0.1) is 5.92 Å². The van der Waals surface area contributed by atoms with Gasteiger partial charge in [0.25, 0.3) is 0 Å². The van der Waals surface area contributed by atoms with Crippen LogP contribution in [-0.2, 0) is 9.05 Å². The molecule has 1 aliphatic rings. The molecule has 1 saturated carbocycles. The van der Waals surface area contributed by atoms with Crippen LogP contribution in [0.5, 0.6) is 0 Å². The first-order chi connectivity index (χ1) is 6.23. The zero-order valence-electron chi connectivity index (χ0n) is 7.22. The molecule has 1 fully saturated rings. The fourth-order valence-corrected chi connectivity index (χ4v) is 3.58. The van der Waals surface area contributed by atoms with E-state index in [2.05, 4.69) is 0 Å². The Morgan fingerprint density at radius 2 is 1.64 bits per heavy atom. The smallest absolute Gasteiger partial charge is 0.212 e. The molecule has 0 aromatic heterocycles. The minimum atomic E-state index is -4.47. The second kappa shape index (κ2) is 3.89. The molecule has 2 atom stereocenters. The molecule has 1 aliphatic carbocycles. The van der Waals surface area contributed by atoms with Gasteiger partial charge in [0.2, 0.25) is 9.05 Å². The predicted octanol–water partition coefficient (Wildman–Crippen LogP) is 2.68. The van der Waals surface area contributed by atoms with Crippen LogP contribution in [0.4, 0.5) is 13.2 Å². The molecule has 1 rings (SSSR count). The van der Waals surface area contributed by atoms with Crippen LogP contribution in [0.3, 0.4) is 0 Å². The molecule has 0 amide bonds. The van der Waals surface area contributed by atoms with Crippen LogP contribution in [0.1, 0.15) is 25.7 Å². The average Bonchev–Trinajstić information content (AvgIpc) is 2.01. The highest BCUT2D eigenvalue weighted by molar-refractivity contribution is 8.14. The van der Waals surface area contributed by atoms with Crippen molar-refractivity contribution < 1.29 is 21.6 Å². The van der Waals surface area contributed by atoms with Gasteiger partial charge in [0, 0.05) is 10.7 Å². The topological polar surface area (TPSA) is 34.1 Å². The summed E-state index contributed by atoms with van der Waals surface area (Å²) in [6, 6.07) is 0. The second-order valence-electron chi connectivity index (χ2n) is 3.45. The average molecular weight is 251 g/mol. The third-order valence-electron chi connectivity index (χ3n) is 2.48. The molecule has 0 aliphatic heterocycles. The molecule has 84 valence electrons. The van der Waals surface area contributed by atoms with E-state index < -0.39 is 26.4 Å². The van der Waals surface area contributed by atoms with Crippen LogP contribution in [-0.4, -0.2) is 19.8 Å². The summed E-state index contributed by atoms with van der Waals surface area (Å²) in [5.74, 6) is -1.79. The van der Waals surface area contributed by atoms with Gasteiger partial charge in [0.15, 0.2) is 0 Å². The van der Waals surface area contributed by atoms with Crippen LogP contribution >= 0.6 is 10.7 Å². The minimum Gasteiger partial charge on any atom is -0.212 e. The van der Waals surface area contributed by atoms with Gasteiger partial charge in [0.05, 0.1) is 11.2 Å². The van der Waals surface area contributed by atoms with Crippen molar-refractivity contribution in [3.05, 3.63) is 0 Å². The summed E-state index contributed by atoms with van der Waals surface area (Å²) >= 11 is 0. The number of hydrogen-bond donors (Lipinski definition) is 0. The van der Waals surface area contributed by atoms with Crippen molar-refractivity contribution in [2.24, 2.45) is 5.92 Å². The Morgan fingerprint density at radius 1 is 1.14 bits per heavy atom. The van der Waals surface area contributed by atoms with Gasteiger partial charge in [-0.05, 0) is 12.8 Å². The predicted molar refractivity (Wildman–Crippen MR) is 46.6 cm³/mol. The van der Waals surface area contributed by atoms with Crippen molar-refractivity contribution in [3.63, 3.8) is 0 Å². The highest BCUT2D eigenvalue weighted by Gasteiger charge is 2.49. The van der Waals surface area contributed by atoms with Crippen molar-refractivity contribution in [1.29, 1.82) is 0 Å². The van der Waals surface area contributed by atoms with Gasteiger partial charge in [-0.1, -0.05) is 12.8 Å². The lowest BCUT2D eigenvalue weighted by Crippen LogP contribution is -2.39. The van der Waals surface area contributed by atoms with E-state index in [1.54, 1.807) is 0 Å². The molecule has 0 heterocycles. The summed E-state index contributed by atoms with van der Waals surface area (Å²) < 4.78 is 59.0. The SMILES string of the molecule is O=S(=O)(Cl)C1CCCCC1C(F)(F)F. The molecule has 7 heteroatoms. The molecule has 14 heavy (non-hydrogen) atoms. The van der Waals surface area contributed by atoms with E-state index >= 15 is 0 Å². The van der Waals surface area contributed by atoms with Crippen LogP contribution in [0.15, 0.2) is 0 Å². The first-order valence-corrected chi connectivity index (χ1v) is 6.60. The molecule has 0 saturated heterocycles. The maximum absolute atomic E-state index is 12.4. The number of rotatable bonds is 1. The minimum absolute atomic E-state index is 0.00993. The van der Waals surface area contributed by atoms with Crippen molar-refractivity contribution in [3.8, 4) is 0 Å². The Morgan fingerprint density at radius 3 is 2.00 bits per heavy atom. The lowest BCUT2D eigenvalue weighted by Gasteiger charge is -2.30. The fraction of sp³-hybridized carbons (Fsp3) is 1.00. The third kappa shape index (κ3) is 2.76. The molecule has 0 N–H and O–H groups in total. The van der Waals surface area contributed by atoms with Gasteiger partial charge in [0.1, 0.15) is 0 Å². The quantitative estimate of drug-likeness (QED) is 0.671. The maximum Gasteiger partial charge on any atom is 0.393 e. The van der Waals surface area contributed by atoms with Gasteiger partial charge in [-0.25, -0.2) is 8.42 Å². The largest absolute Gasteiger partial charge is 0.393 e. The monoisotopic (exact) mass is 250 g/mol. The zero-order valence-corrected chi connectivity index (χ0v) is 8.79. The van der Waals surface area contributed by atoms with Crippen molar-refractivity contribution >= 4 is 19.7 Å². The van der Waals surface area contributed by atoms with Crippen LogP contribution in [0.25, 0.3) is 0 Å². The molecule has 0 bridgehead atoms. The molecular formula is C7H10ClF3O2S. The first-order valence-electron chi connectivity index (χ1n) is 4.23. The number of halogens is 4. The Labute approximate surface area is 84.9 Å². The highest BCUT2D eigenvalue weighted by Crippen LogP contribution is 2.41. The van der Waals surface area contributed by atoms with Gasteiger partial charge >= 0.3 is 6.18 Å². The lowest BCUT2D eigenvalue weighted by atomic mass is 9.88. The number of hydrogen-bond acceptors (Lipinski definition) is 2. The van der Waals surface area contributed by atoms with E-state index in [0.717, 1.165) is 0 Å². The van der Waals surface area contributed by atoms with Crippen LogP contribution < -0.4 is 0 Å². The van der Waals surface area contributed by atoms with Gasteiger partial charge in [-0.3, -0.25) is 0 Å². The highest BCUT2D eigenvalue weighted by atomic mass is 35.7.